The minimum absolute atomic E-state index is 0. The fourth-order valence-corrected chi connectivity index (χ4v) is 4.48. The summed E-state index contributed by atoms with van der Waals surface area (Å²) < 4.78 is 49.1. The number of pyridine rings is 2. The van der Waals surface area contributed by atoms with Crippen LogP contribution in [0.25, 0.3) is 16.8 Å². The van der Waals surface area contributed by atoms with Crippen LogP contribution in [0.1, 0.15) is 54.3 Å². The standard InChI is InChI=1S/C24H23F3N8O.ClH/c1-14-22(32-33-35(14)20-3-5-29-6-4-20)17-8-21(23-18(9-28)11-31-34(23)13-17)36-15(2)16-7-19(12-30-10-16)24(25,26)27;/h7-8,10-13,15,20,29H,3-6H2,1-2H3;1H/t15-;/m1./s1. The number of halogens is 4. The Balaban J connectivity index is 0.00000320. The summed E-state index contributed by atoms with van der Waals surface area (Å²) >= 11 is 0. The molecule has 1 fully saturated rings. The van der Waals surface area contributed by atoms with Gasteiger partial charge in [0, 0.05) is 29.7 Å². The van der Waals surface area contributed by atoms with E-state index in [9.17, 15) is 18.4 Å². The number of hydrogen-bond acceptors (Lipinski definition) is 7. The van der Waals surface area contributed by atoms with Gasteiger partial charge in [-0.1, -0.05) is 5.21 Å². The van der Waals surface area contributed by atoms with Crippen molar-refractivity contribution in [2.45, 2.75) is 45.0 Å². The Morgan fingerprint density at radius 1 is 1.19 bits per heavy atom. The number of rotatable bonds is 5. The first-order valence-electron chi connectivity index (χ1n) is 11.5. The first-order valence-corrected chi connectivity index (χ1v) is 11.5. The Labute approximate surface area is 216 Å². The molecule has 1 aliphatic rings. The molecule has 9 nitrogen and oxygen atoms in total. The molecule has 0 spiro atoms. The third-order valence-electron chi connectivity index (χ3n) is 6.41. The molecule has 0 bridgehead atoms. The van der Waals surface area contributed by atoms with Crippen molar-refractivity contribution in [2.75, 3.05) is 13.1 Å². The number of aromatic nitrogens is 6. The van der Waals surface area contributed by atoms with Gasteiger partial charge in [-0.05, 0) is 51.9 Å². The van der Waals surface area contributed by atoms with E-state index < -0.39 is 17.8 Å². The van der Waals surface area contributed by atoms with Crippen LogP contribution in [-0.2, 0) is 6.18 Å². The Bertz CT molecular complexity index is 1450. The van der Waals surface area contributed by atoms with Crippen LogP contribution in [0.15, 0.2) is 36.9 Å². The number of alkyl halides is 3. The van der Waals surface area contributed by atoms with Crippen LogP contribution in [0, 0.1) is 18.3 Å². The third kappa shape index (κ3) is 5.10. The molecule has 0 aromatic carbocycles. The van der Waals surface area contributed by atoms with Crippen molar-refractivity contribution >= 4 is 17.9 Å². The maximum absolute atomic E-state index is 13.2. The molecule has 194 valence electrons. The van der Waals surface area contributed by atoms with Crippen LogP contribution in [0.4, 0.5) is 13.2 Å². The second-order valence-electron chi connectivity index (χ2n) is 8.77. The smallest absolute Gasteiger partial charge is 0.417 e. The fourth-order valence-electron chi connectivity index (χ4n) is 4.48. The molecule has 1 atom stereocenters. The fraction of sp³-hybridized carbons (Fsp3) is 0.375. The van der Waals surface area contributed by atoms with Crippen LogP contribution in [0.5, 0.6) is 5.75 Å². The van der Waals surface area contributed by atoms with E-state index >= 15 is 0 Å². The second kappa shape index (κ2) is 10.4. The van der Waals surface area contributed by atoms with Crippen molar-refractivity contribution in [3.05, 3.63) is 59.3 Å². The van der Waals surface area contributed by atoms with Gasteiger partial charge in [0.25, 0.3) is 0 Å². The van der Waals surface area contributed by atoms with Gasteiger partial charge in [0.1, 0.15) is 34.7 Å². The lowest BCUT2D eigenvalue weighted by Crippen LogP contribution is -2.30. The number of hydrogen-bond donors (Lipinski definition) is 1. The Kier molecular flexibility index (Phi) is 7.38. The van der Waals surface area contributed by atoms with Gasteiger partial charge in [0.15, 0.2) is 0 Å². The van der Waals surface area contributed by atoms with E-state index in [-0.39, 0.29) is 29.6 Å². The van der Waals surface area contributed by atoms with Crippen molar-refractivity contribution in [3.63, 3.8) is 0 Å². The molecule has 4 aromatic heterocycles. The molecule has 1 N–H and O–H groups in total. The normalized spacial score (nSPS) is 15.2. The summed E-state index contributed by atoms with van der Waals surface area (Å²) in [4.78, 5) is 3.73. The molecular weight excluding hydrogens is 509 g/mol. The zero-order valence-corrected chi connectivity index (χ0v) is 20.8. The van der Waals surface area contributed by atoms with Gasteiger partial charge >= 0.3 is 6.18 Å². The summed E-state index contributed by atoms with van der Waals surface area (Å²) in [5.41, 5.74) is 2.27. The predicted molar refractivity (Wildman–Crippen MR) is 130 cm³/mol. The van der Waals surface area contributed by atoms with Gasteiger partial charge in [-0.2, -0.15) is 23.5 Å². The van der Waals surface area contributed by atoms with E-state index in [1.165, 1.54) is 16.9 Å². The van der Waals surface area contributed by atoms with Crippen LogP contribution in [0.3, 0.4) is 0 Å². The van der Waals surface area contributed by atoms with E-state index in [1.54, 1.807) is 19.2 Å². The molecule has 13 heteroatoms. The molecule has 1 aliphatic heterocycles. The van der Waals surface area contributed by atoms with Crippen molar-refractivity contribution in [1.82, 2.24) is 34.9 Å². The second-order valence-corrected chi connectivity index (χ2v) is 8.77. The largest absolute Gasteiger partial charge is 0.484 e. The van der Waals surface area contributed by atoms with Crippen LogP contribution in [0.2, 0.25) is 0 Å². The zero-order valence-electron chi connectivity index (χ0n) is 20.0. The highest BCUT2D eigenvalue weighted by molar-refractivity contribution is 5.85. The Morgan fingerprint density at radius 3 is 2.65 bits per heavy atom. The lowest BCUT2D eigenvalue weighted by atomic mass is 10.1. The number of ether oxygens (including phenoxy) is 1. The molecule has 0 saturated carbocycles. The van der Waals surface area contributed by atoms with Crippen LogP contribution < -0.4 is 10.1 Å². The molecule has 0 radical (unpaired) electrons. The van der Waals surface area contributed by atoms with E-state index in [0.29, 0.717) is 22.5 Å². The van der Waals surface area contributed by atoms with Crippen molar-refractivity contribution in [3.8, 4) is 23.1 Å². The number of nitriles is 1. The molecule has 0 unspecified atom stereocenters. The summed E-state index contributed by atoms with van der Waals surface area (Å²) in [6.07, 6.45) is 1.85. The summed E-state index contributed by atoms with van der Waals surface area (Å²) in [7, 11) is 0. The monoisotopic (exact) mass is 532 g/mol. The maximum Gasteiger partial charge on any atom is 0.417 e. The summed E-state index contributed by atoms with van der Waals surface area (Å²) in [5.74, 6) is 0.294. The molecule has 5 rings (SSSR count). The highest BCUT2D eigenvalue weighted by Gasteiger charge is 2.31. The van der Waals surface area contributed by atoms with Crippen molar-refractivity contribution < 1.29 is 17.9 Å². The summed E-state index contributed by atoms with van der Waals surface area (Å²) in [6, 6.07) is 5.06. The minimum Gasteiger partial charge on any atom is -0.484 e. The highest BCUT2D eigenvalue weighted by Crippen LogP contribution is 2.35. The summed E-state index contributed by atoms with van der Waals surface area (Å²) in [6.45, 7) is 5.40. The van der Waals surface area contributed by atoms with Gasteiger partial charge in [0.2, 0.25) is 0 Å². The van der Waals surface area contributed by atoms with E-state index in [0.717, 1.165) is 43.9 Å². The number of nitrogens with one attached hydrogen (secondary N) is 1. The predicted octanol–water partition coefficient (Wildman–Crippen LogP) is 4.67. The van der Waals surface area contributed by atoms with Gasteiger partial charge in [0.05, 0.1) is 23.5 Å². The average Bonchev–Trinajstić information content (AvgIpc) is 3.47. The molecule has 5 heterocycles. The molecule has 0 amide bonds. The average molecular weight is 533 g/mol. The number of fused-ring (bicyclic) bond motifs is 1. The third-order valence-corrected chi connectivity index (χ3v) is 6.41. The van der Waals surface area contributed by atoms with E-state index in [2.05, 4.69) is 31.8 Å². The molecule has 37 heavy (non-hydrogen) atoms. The Hall–Kier alpha value is -3.69. The van der Waals surface area contributed by atoms with Gasteiger partial charge in [-0.15, -0.1) is 17.5 Å². The lowest BCUT2D eigenvalue weighted by molar-refractivity contribution is -0.137. The van der Waals surface area contributed by atoms with Crippen LogP contribution in [-0.4, -0.2) is 42.7 Å². The highest BCUT2D eigenvalue weighted by atomic mass is 35.5. The van der Waals surface area contributed by atoms with Gasteiger partial charge in [-0.25, -0.2) is 9.20 Å². The molecule has 0 aliphatic carbocycles. The van der Waals surface area contributed by atoms with Gasteiger partial charge in [-0.3, -0.25) is 4.98 Å². The Morgan fingerprint density at radius 2 is 1.95 bits per heavy atom. The van der Waals surface area contributed by atoms with E-state index in [1.807, 2.05) is 11.6 Å². The maximum atomic E-state index is 13.2. The number of nitrogens with zero attached hydrogens (tertiary/aromatic N) is 7. The van der Waals surface area contributed by atoms with E-state index in [4.69, 9.17) is 4.74 Å². The molecular formula is C24H24ClF3N8O. The zero-order chi connectivity index (χ0) is 25.4. The lowest BCUT2D eigenvalue weighted by Gasteiger charge is -2.23. The minimum atomic E-state index is -4.52. The number of piperidine rings is 1. The molecule has 4 aromatic rings. The topological polar surface area (TPSA) is 106 Å². The summed E-state index contributed by atoms with van der Waals surface area (Å²) in [5, 5.41) is 26.0. The van der Waals surface area contributed by atoms with Crippen molar-refractivity contribution in [2.24, 2.45) is 0 Å². The first kappa shape index (κ1) is 26.4. The van der Waals surface area contributed by atoms with Gasteiger partial charge < -0.3 is 10.1 Å². The van der Waals surface area contributed by atoms with Crippen LogP contribution >= 0.6 is 12.4 Å². The quantitative estimate of drug-likeness (QED) is 0.398. The SMILES string of the molecule is Cc1c(-c2cc(O[C@H](C)c3cncc(C(F)(F)F)c3)c3c(C#N)cnn3c2)nnn1C1CCNCC1.Cl. The first-order chi connectivity index (χ1) is 17.3. The van der Waals surface area contributed by atoms with Crippen molar-refractivity contribution in [1.29, 1.82) is 5.26 Å². The molecule has 1 saturated heterocycles.